The number of amidine groups is 1. The van der Waals surface area contributed by atoms with Crippen molar-refractivity contribution < 1.29 is 14.6 Å². The van der Waals surface area contributed by atoms with Crippen molar-refractivity contribution in [2.75, 3.05) is 11.4 Å². The van der Waals surface area contributed by atoms with Gasteiger partial charge in [0.05, 0.1) is 23.5 Å². The molecule has 5 nitrogen and oxygen atoms in total. The van der Waals surface area contributed by atoms with E-state index in [0.29, 0.717) is 27.0 Å². The molecule has 0 saturated heterocycles. The lowest BCUT2D eigenvalue weighted by atomic mass is 10.2. The van der Waals surface area contributed by atoms with Crippen LogP contribution in [0.4, 0.5) is 10.1 Å². The number of aromatic nitrogens is 1. The Morgan fingerprint density at radius 1 is 1.15 bits per heavy atom. The van der Waals surface area contributed by atoms with Gasteiger partial charge in [-0.05, 0) is 42.5 Å². The smallest absolute Gasteiger partial charge is 0.139 e. The van der Waals surface area contributed by atoms with Crippen LogP contribution in [0.1, 0.15) is 5.01 Å². The number of rotatable bonds is 3. The number of nitrogens with zero attached hydrogens (tertiary/aromatic N) is 2. The summed E-state index contributed by atoms with van der Waals surface area (Å²) in [6.07, 6.45) is 0. The molecule has 2 heterocycles. The monoisotopic (exact) mass is 401 g/mol. The van der Waals surface area contributed by atoms with E-state index in [9.17, 15) is 14.6 Å². The minimum Gasteiger partial charge on any atom is -0.510 e. The van der Waals surface area contributed by atoms with E-state index >= 15 is 0 Å². The van der Waals surface area contributed by atoms with Crippen molar-refractivity contribution in [2.24, 2.45) is 0 Å². The van der Waals surface area contributed by atoms with E-state index in [2.05, 4.69) is 4.98 Å². The summed E-state index contributed by atoms with van der Waals surface area (Å²) in [6.45, 7) is 0.0352. The normalized spacial score (nSPS) is 14.3. The Balaban J connectivity index is 1.67. The molecule has 1 aliphatic rings. The molecule has 0 amide bonds. The number of halogens is 2. The van der Waals surface area contributed by atoms with E-state index in [1.165, 1.54) is 40.5 Å². The number of nitrogens with one attached hydrogen (secondary N) is 1. The zero-order valence-corrected chi connectivity index (χ0v) is 15.4. The number of aliphatic hydroxyl groups is 1. The predicted octanol–water partition coefficient (Wildman–Crippen LogP) is 5.07. The van der Waals surface area contributed by atoms with Gasteiger partial charge in [0, 0.05) is 16.0 Å². The number of thiazole rings is 1. The standard InChI is InChI=1S/C19H13ClFN3O2S/c20-11-3-6-15(25)14(7-11)24-8-16(26)17(18(24)22)19-23-13(9-27-19)10-1-4-12(21)5-2-10/h1-7,9,22,25-26H,8H2. The highest BCUT2D eigenvalue weighted by atomic mass is 35.5. The van der Waals surface area contributed by atoms with E-state index in [1.807, 2.05) is 0 Å². The maximum Gasteiger partial charge on any atom is 0.139 e. The molecule has 136 valence electrons. The van der Waals surface area contributed by atoms with Gasteiger partial charge >= 0.3 is 0 Å². The quantitative estimate of drug-likeness (QED) is 0.572. The molecule has 3 N–H and O–H groups in total. The van der Waals surface area contributed by atoms with Gasteiger partial charge < -0.3 is 15.1 Å². The van der Waals surface area contributed by atoms with Crippen molar-refractivity contribution >= 4 is 40.0 Å². The molecule has 0 fully saturated rings. The average Bonchev–Trinajstić information content (AvgIpc) is 3.22. The van der Waals surface area contributed by atoms with E-state index < -0.39 is 0 Å². The van der Waals surface area contributed by atoms with Crippen LogP contribution in [0, 0.1) is 11.2 Å². The molecule has 0 saturated carbocycles. The Hall–Kier alpha value is -2.90. The van der Waals surface area contributed by atoms with E-state index in [-0.39, 0.29) is 29.7 Å². The fraction of sp³-hybridized carbons (Fsp3) is 0.0526. The predicted molar refractivity (Wildman–Crippen MR) is 105 cm³/mol. The summed E-state index contributed by atoms with van der Waals surface area (Å²) >= 11 is 7.27. The Labute approximate surface area is 163 Å². The van der Waals surface area contributed by atoms with Gasteiger partial charge in [-0.3, -0.25) is 5.41 Å². The van der Waals surface area contributed by atoms with Gasteiger partial charge in [-0.2, -0.15) is 0 Å². The molecule has 0 unspecified atom stereocenters. The Morgan fingerprint density at radius 2 is 1.89 bits per heavy atom. The summed E-state index contributed by atoms with van der Waals surface area (Å²) in [4.78, 5) is 5.95. The second-order valence-corrected chi connectivity index (χ2v) is 7.23. The summed E-state index contributed by atoms with van der Waals surface area (Å²) in [6, 6.07) is 10.5. The Bertz CT molecular complexity index is 1080. The van der Waals surface area contributed by atoms with Crippen molar-refractivity contribution in [3.63, 3.8) is 0 Å². The van der Waals surface area contributed by atoms with Gasteiger partial charge in [0.2, 0.25) is 0 Å². The summed E-state index contributed by atoms with van der Waals surface area (Å²) in [5, 5.41) is 31.6. The Kier molecular flexibility index (Phi) is 4.33. The summed E-state index contributed by atoms with van der Waals surface area (Å²) in [5.74, 6) is -0.363. The number of aromatic hydroxyl groups is 1. The summed E-state index contributed by atoms with van der Waals surface area (Å²) < 4.78 is 13.1. The van der Waals surface area contributed by atoms with Crippen LogP contribution in [0.15, 0.2) is 53.6 Å². The van der Waals surface area contributed by atoms with Crippen LogP contribution >= 0.6 is 22.9 Å². The largest absolute Gasteiger partial charge is 0.510 e. The van der Waals surface area contributed by atoms with Gasteiger partial charge in [-0.1, -0.05) is 11.6 Å². The van der Waals surface area contributed by atoms with Gasteiger partial charge in [-0.25, -0.2) is 9.37 Å². The first-order valence-corrected chi connectivity index (χ1v) is 9.18. The zero-order chi connectivity index (χ0) is 19.1. The Morgan fingerprint density at radius 3 is 2.63 bits per heavy atom. The molecular formula is C19H13ClFN3O2S. The van der Waals surface area contributed by atoms with E-state index in [0.717, 1.165) is 5.56 Å². The van der Waals surface area contributed by atoms with E-state index in [4.69, 9.17) is 17.0 Å². The third-order valence-corrected chi connectivity index (χ3v) is 5.28. The number of hydrogen-bond donors (Lipinski definition) is 3. The topological polar surface area (TPSA) is 80.4 Å². The summed E-state index contributed by atoms with van der Waals surface area (Å²) in [7, 11) is 0. The second-order valence-electron chi connectivity index (χ2n) is 5.93. The maximum absolute atomic E-state index is 13.1. The molecule has 2 aromatic carbocycles. The number of anilines is 1. The molecule has 1 aromatic heterocycles. The van der Waals surface area contributed by atoms with Crippen LogP contribution < -0.4 is 4.90 Å². The average molecular weight is 402 g/mol. The maximum atomic E-state index is 13.1. The van der Waals surface area contributed by atoms with Crippen molar-refractivity contribution in [3.05, 3.63) is 69.5 Å². The third-order valence-electron chi connectivity index (χ3n) is 4.19. The van der Waals surface area contributed by atoms with Crippen LogP contribution in [-0.4, -0.2) is 27.6 Å². The molecule has 0 bridgehead atoms. The van der Waals surface area contributed by atoms with Crippen LogP contribution in [0.3, 0.4) is 0 Å². The minimum atomic E-state index is -0.330. The number of hydrogen-bond acceptors (Lipinski definition) is 5. The van der Waals surface area contributed by atoms with Gasteiger partial charge in [0.1, 0.15) is 28.2 Å². The second kappa shape index (κ2) is 6.68. The molecule has 1 aliphatic heterocycles. The lowest BCUT2D eigenvalue weighted by Crippen LogP contribution is -2.26. The molecule has 8 heteroatoms. The molecule has 27 heavy (non-hydrogen) atoms. The van der Waals surface area contributed by atoms with E-state index in [1.54, 1.807) is 23.6 Å². The highest BCUT2D eigenvalue weighted by Crippen LogP contribution is 2.38. The van der Waals surface area contributed by atoms with Crippen molar-refractivity contribution in [2.45, 2.75) is 0 Å². The van der Waals surface area contributed by atoms with Crippen LogP contribution in [-0.2, 0) is 0 Å². The first-order valence-electron chi connectivity index (χ1n) is 7.93. The number of benzene rings is 2. The molecule has 0 atom stereocenters. The molecule has 0 spiro atoms. The van der Waals surface area contributed by atoms with Crippen LogP contribution in [0.5, 0.6) is 5.75 Å². The number of phenolic OH excluding ortho intramolecular Hbond substituents is 1. The zero-order valence-electron chi connectivity index (χ0n) is 13.8. The van der Waals surface area contributed by atoms with Gasteiger partial charge in [0.15, 0.2) is 0 Å². The number of phenols is 1. The van der Waals surface area contributed by atoms with Crippen LogP contribution in [0.2, 0.25) is 5.02 Å². The molecule has 4 rings (SSSR count). The molecule has 0 aliphatic carbocycles. The highest BCUT2D eigenvalue weighted by molar-refractivity contribution is 7.11. The van der Waals surface area contributed by atoms with Gasteiger partial charge in [-0.15, -0.1) is 11.3 Å². The van der Waals surface area contributed by atoms with Gasteiger partial charge in [0.25, 0.3) is 0 Å². The highest BCUT2D eigenvalue weighted by Gasteiger charge is 2.32. The van der Waals surface area contributed by atoms with Crippen molar-refractivity contribution in [1.29, 1.82) is 5.41 Å². The first-order chi connectivity index (χ1) is 12.9. The fourth-order valence-corrected chi connectivity index (χ4v) is 3.93. The molecule has 0 radical (unpaired) electrons. The third kappa shape index (κ3) is 3.15. The molecule has 3 aromatic rings. The lowest BCUT2D eigenvalue weighted by Gasteiger charge is -2.19. The van der Waals surface area contributed by atoms with Crippen molar-refractivity contribution in [1.82, 2.24) is 4.98 Å². The fourth-order valence-electron chi connectivity index (χ4n) is 2.86. The molecular weight excluding hydrogens is 389 g/mol. The van der Waals surface area contributed by atoms with Crippen LogP contribution in [0.25, 0.3) is 16.8 Å². The number of aliphatic hydroxyl groups excluding tert-OH is 1. The SMILES string of the molecule is N=C1C(c2nc(-c3ccc(F)cc3)cs2)=C(O)CN1c1cc(Cl)ccc1O. The minimum absolute atomic E-state index is 0.0145. The first kappa shape index (κ1) is 17.5. The van der Waals surface area contributed by atoms with Crippen molar-refractivity contribution in [3.8, 4) is 17.0 Å². The lowest BCUT2D eigenvalue weighted by molar-refractivity contribution is 0.411. The summed E-state index contributed by atoms with van der Waals surface area (Å²) in [5.41, 5.74) is 2.01.